The van der Waals surface area contributed by atoms with Gasteiger partial charge in [0.25, 0.3) is 0 Å². The Labute approximate surface area is 146 Å². The van der Waals surface area contributed by atoms with E-state index in [9.17, 15) is 9.59 Å². The second-order valence-electron chi connectivity index (χ2n) is 5.80. The Morgan fingerprint density at radius 1 is 0.708 bits per heavy atom. The van der Waals surface area contributed by atoms with E-state index < -0.39 is 11.9 Å². The van der Waals surface area contributed by atoms with Gasteiger partial charge in [-0.3, -0.25) is 0 Å². The van der Waals surface area contributed by atoms with E-state index in [1.54, 1.807) is 13.8 Å². The molecule has 4 nitrogen and oxygen atoms in total. The second-order valence-corrected chi connectivity index (χ2v) is 5.80. The van der Waals surface area contributed by atoms with Gasteiger partial charge in [-0.05, 0) is 51.7 Å². The van der Waals surface area contributed by atoms with E-state index in [1.165, 1.54) is 0 Å². The third kappa shape index (κ3) is 13.8. The number of hydrogen-bond donors (Lipinski definition) is 0. The van der Waals surface area contributed by atoms with Crippen molar-refractivity contribution in [3.63, 3.8) is 0 Å². The van der Waals surface area contributed by atoms with E-state index in [0.29, 0.717) is 11.5 Å². The molecule has 0 atom stereocenters. The van der Waals surface area contributed by atoms with E-state index >= 15 is 0 Å². The minimum absolute atomic E-state index is 0.557. The van der Waals surface area contributed by atoms with Crippen LogP contribution in [-0.2, 0) is 19.1 Å². The van der Waals surface area contributed by atoms with Crippen molar-refractivity contribution in [1.29, 1.82) is 0 Å². The van der Waals surface area contributed by atoms with Crippen LogP contribution in [0.4, 0.5) is 0 Å². The standard InChI is InChI=1S/C20H32O4/c1-5-7-9-11-13-17(3)23-19(21)15-16-20(22)24-18(4)14-12-10-8-6-2/h13-16H,5-12H2,1-4H3/b16-15+,17-13?,18-14?. The summed E-state index contributed by atoms with van der Waals surface area (Å²) in [6.45, 7) is 7.75. The van der Waals surface area contributed by atoms with Crippen LogP contribution < -0.4 is 0 Å². The summed E-state index contributed by atoms with van der Waals surface area (Å²) in [6, 6.07) is 0. The molecule has 4 heteroatoms. The molecule has 0 heterocycles. The van der Waals surface area contributed by atoms with Crippen LogP contribution in [0.5, 0.6) is 0 Å². The zero-order chi connectivity index (χ0) is 18.2. The lowest BCUT2D eigenvalue weighted by atomic mass is 10.2. The van der Waals surface area contributed by atoms with Crippen LogP contribution >= 0.6 is 0 Å². The molecule has 0 aromatic carbocycles. The van der Waals surface area contributed by atoms with Crippen molar-refractivity contribution < 1.29 is 19.1 Å². The normalized spacial score (nSPS) is 12.5. The number of allylic oxidation sites excluding steroid dienone is 4. The number of hydrogen-bond acceptors (Lipinski definition) is 4. The van der Waals surface area contributed by atoms with Crippen LogP contribution in [0.2, 0.25) is 0 Å². The van der Waals surface area contributed by atoms with E-state index in [2.05, 4.69) is 13.8 Å². The van der Waals surface area contributed by atoms with Gasteiger partial charge in [0.15, 0.2) is 0 Å². The summed E-state index contributed by atoms with van der Waals surface area (Å²) in [4.78, 5) is 23.2. The molecule has 0 aliphatic rings. The van der Waals surface area contributed by atoms with Gasteiger partial charge in [-0.2, -0.15) is 0 Å². The zero-order valence-electron chi connectivity index (χ0n) is 15.6. The molecule has 136 valence electrons. The van der Waals surface area contributed by atoms with E-state index in [0.717, 1.165) is 63.5 Å². The summed E-state index contributed by atoms with van der Waals surface area (Å²) in [5, 5.41) is 0. The topological polar surface area (TPSA) is 52.6 Å². The molecule has 0 saturated carbocycles. The van der Waals surface area contributed by atoms with Gasteiger partial charge in [-0.1, -0.05) is 39.5 Å². The average molecular weight is 336 g/mol. The fourth-order valence-electron chi connectivity index (χ4n) is 2.00. The van der Waals surface area contributed by atoms with Crippen molar-refractivity contribution in [3.05, 3.63) is 35.8 Å². The predicted molar refractivity (Wildman–Crippen MR) is 97.1 cm³/mol. The number of rotatable bonds is 12. The summed E-state index contributed by atoms with van der Waals surface area (Å²) < 4.78 is 10.2. The van der Waals surface area contributed by atoms with Crippen molar-refractivity contribution >= 4 is 11.9 Å². The molecule has 0 radical (unpaired) electrons. The third-order valence-corrected chi connectivity index (χ3v) is 3.36. The van der Waals surface area contributed by atoms with Crippen molar-refractivity contribution in [3.8, 4) is 0 Å². The van der Waals surface area contributed by atoms with Crippen LogP contribution in [0.3, 0.4) is 0 Å². The molecule has 0 rings (SSSR count). The summed E-state index contributed by atoms with van der Waals surface area (Å²) in [5.74, 6) is -0.0243. The van der Waals surface area contributed by atoms with Crippen molar-refractivity contribution in [1.82, 2.24) is 0 Å². The zero-order valence-corrected chi connectivity index (χ0v) is 15.6. The first-order chi connectivity index (χ1) is 11.5. The molecule has 0 amide bonds. The molecule has 0 spiro atoms. The van der Waals surface area contributed by atoms with Crippen LogP contribution in [0.15, 0.2) is 35.8 Å². The summed E-state index contributed by atoms with van der Waals surface area (Å²) in [6.07, 6.45) is 14.5. The van der Waals surface area contributed by atoms with Gasteiger partial charge in [0.1, 0.15) is 11.5 Å². The monoisotopic (exact) mass is 336 g/mol. The van der Waals surface area contributed by atoms with Crippen LogP contribution in [0.25, 0.3) is 0 Å². The largest absolute Gasteiger partial charge is 0.429 e. The SMILES string of the molecule is CCCCCC=C(C)OC(=O)/C=C/C(=O)OC(C)=CCCCCC. The Balaban J connectivity index is 4.13. The van der Waals surface area contributed by atoms with Gasteiger partial charge in [0.2, 0.25) is 0 Å². The second kappa shape index (κ2) is 14.7. The molecule has 0 aromatic heterocycles. The molecule has 0 aliphatic heterocycles. The summed E-state index contributed by atoms with van der Waals surface area (Å²) in [7, 11) is 0. The molecular formula is C20H32O4. The van der Waals surface area contributed by atoms with E-state index in [1.807, 2.05) is 12.2 Å². The third-order valence-electron chi connectivity index (χ3n) is 3.36. The molecule has 0 saturated heterocycles. The Bertz CT molecular complexity index is 416. The lowest BCUT2D eigenvalue weighted by Crippen LogP contribution is -2.03. The number of esters is 2. The van der Waals surface area contributed by atoms with Gasteiger partial charge < -0.3 is 9.47 Å². The molecule has 0 N–H and O–H groups in total. The maximum absolute atomic E-state index is 11.6. The highest BCUT2D eigenvalue weighted by Crippen LogP contribution is 2.06. The van der Waals surface area contributed by atoms with Crippen molar-refractivity contribution in [2.45, 2.75) is 79.1 Å². The van der Waals surface area contributed by atoms with Gasteiger partial charge in [-0.15, -0.1) is 0 Å². The number of ether oxygens (including phenoxy) is 2. The summed E-state index contributed by atoms with van der Waals surface area (Å²) >= 11 is 0. The molecule has 0 aromatic rings. The highest BCUT2D eigenvalue weighted by molar-refractivity contribution is 5.92. The lowest BCUT2D eigenvalue weighted by molar-refractivity contribution is -0.136. The van der Waals surface area contributed by atoms with Crippen LogP contribution in [0, 0.1) is 0 Å². The Hall–Kier alpha value is -1.84. The van der Waals surface area contributed by atoms with Crippen molar-refractivity contribution in [2.75, 3.05) is 0 Å². The molecule has 0 fully saturated rings. The lowest BCUT2D eigenvalue weighted by Gasteiger charge is -2.02. The Morgan fingerprint density at radius 3 is 1.42 bits per heavy atom. The van der Waals surface area contributed by atoms with Gasteiger partial charge in [0.05, 0.1) is 0 Å². The molecular weight excluding hydrogens is 304 g/mol. The number of carbonyl (C=O) groups excluding carboxylic acids is 2. The minimum Gasteiger partial charge on any atom is -0.429 e. The molecule has 0 unspecified atom stereocenters. The fraction of sp³-hybridized carbons (Fsp3) is 0.600. The highest BCUT2D eigenvalue weighted by Gasteiger charge is 2.03. The maximum Gasteiger partial charge on any atom is 0.336 e. The van der Waals surface area contributed by atoms with Crippen LogP contribution in [0.1, 0.15) is 79.1 Å². The average Bonchev–Trinajstić information content (AvgIpc) is 2.54. The summed E-state index contributed by atoms with van der Waals surface area (Å²) in [5.41, 5.74) is 0. The smallest absolute Gasteiger partial charge is 0.336 e. The van der Waals surface area contributed by atoms with E-state index in [-0.39, 0.29) is 0 Å². The van der Waals surface area contributed by atoms with Gasteiger partial charge >= 0.3 is 11.9 Å². The maximum atomic E-state index is 11.6. The molecule has 24 heavy (non-hydrogen) atoms. The quantitative estimate of drug-likeness (QED) is 0.201. The first-order valence-corrected chi connectivity index (χ1v) is 8.94. The highest BCUT2D eigenvalue weighted by atomic mass is 16.5. The fourth-order valence-corrected chi connectivity index (χ4v) is 2.00. The number of carbonyl (C=O) groups is 2. The van der Waals surface area contributed by atoms with Gasteiger partial charge in [0, 0.05) is 12.2 Å². The molecule has 0 bridgehead atoms. The Morgan fingerprint density at radius 2 is 1.08 bits per heavy atom. The van der Waals surface area contributed by atoms with Crippen LogP contribution in [-0.4, -0.2) is 11.9 Å². The first kappa shape index (κ1) is 22.2. The minimum atomic E-state index is -0.569. The van der Waals surface area contributed by atoms with E-state index in [4.69, 9.17) is 9.47 Å². The predicted octanol–water partition coefficient (Wildman–Crippen LogP) is 5.60. The molecule has 0 aliphatic carbocycles. The number of unbranched alkanes of at least 4 members (excludes halogenated alkanes) is 6. The first-order valence-electron chi connectivity index (χ1n) is 8.94. The van der Waals surface area contributed by atoms with Crippen molar-refractivity contribution in [2.24, 2.45) is 0 Å². The Kier molecular flexibility index (Phi) is 13.6. The van der Waals surface area contributed by atoms with Gasteiger partial charge in [-0.25, -0.2) is 9.59 Å².